The predicted molar refractivity (Wildman–Crippen MR) is 43.3 cm³/mol. The molecule has 0 nitrogen and oxygen atoms in total. The molecule has 0 aromatic carbocycles. The van der Waals surface area contributed by atoms with Crippen LogP contribution in [0.5, 0.6) is 0 Å². The molecule has 0 saturated carbocycles. The number of rotatable bonds is 4. The highest BCUT2D eigenvalue weighted by molar-refractivity contribution is 4.83. The zero-order chi connectivity index (χ0) is 7.28. The maximum absolute atomic E-state index is 2.28. The van der Waals surface area contributed by atoms with Gasteiger partial charge in [-0.05, 0) is 0 Å². The van der Waals surface area contributed by atoms with Crippen LogP contribution in [0.4, 0.5) is 0 Å². The highest BCUT2D eigenvalue weighted by Gasteiger charge is 1.89. The van der Waals surface area contributed by atoms with Gasteiger partial charge in [0.15, 0.2) is 0 Å². The van der Waals surface area contributed by atoms with Crippen molar-refractivity contribution in [3.63, 3.8) is 0 Å². The summed E-state index contributed by atoms with van der Waals surface area (Å²) in [6.45, 7) is 9.06. The second-order valence-electron chi connectivity index (χ2n) is 3.31. The third kappa shape index (κ3) is 5.88. The summed E-state index contributed by atoms with van der Waals surface area (Å²) < 4.78 is 0. The highest BCUT2D eigenvalue weighted by Crippen LogP contribution is 2.17. The monoisotopic (exact) mass is 127 g/mol. The molecular weight excluding hydrogens is 108 g/mol. The first kappa shape index (κ1) is 9.00. The molecule has 0 bridgehead atoms. The van der Waals surface area contributed by atoms with Crippen molar-refractivity contribution in [2.24, 2.45) is 5.92 Å². The Labute approximate surface area is 59.7 Å². The first-order valence-corrected chi connectivity index (χ1v) is 3.98. The van der Waals surface area contributed by atoms with Crippen LogP contribution in [-0.4, -0.2) is 0 Å². The molecule has 0 spiro atoms. The van der Waals surface area contributed by atoms with Crippen LogP contribution < -0.4 is 0 Å². The van der Waals surface area contributed by atoms with Crippen molar-refractivity contribution in [3.05, 3.63) is 5.92 Å². The van der Waals surface area contributed by atoms with Gasteiger partial charge in [-0.25, -0.2) is 0 Å². The smallest absolute Gasteiger partial charge is 0.0652 e. The molecule has 0 aliphatic rings. The fourth-order valence-corrected chi connectivity index (χ4v) is 1.23. The lowest BCUT2D eigenvalue weighted by Crippen LogP contribution is -1.96. The summed E-state index contributed by atoms with van der Waals surface area (Å²) in [6, 6.07) is 0. The lowest BCUT2D eigenvalue weighted by Gasteiger charge is -2.25. The third-order valence-corrected chi connectivity index (χ3v) is 1.43. The van der Waals surface area contributed by atoms with E-state index in [1.807, 2.05) is 0 Å². The lowest BCUT2D eigenvalue weighted by molar-refractivity contribution is 0.567. The summed E-state index contributed by atoms with van der Waals surface area (Å²) in [6.07, 6.45) is 3.94. The quantitative estimate of drug-likeness (QED) is 0.507. The van der Waals surface area contributed by atoms with Gasteiger partial charge < -0.3 is 5.92 Å². The van der Waals surface area contributed by atoms with Crippen LogP contribution in [0.2, 0.25) is 0 Å². The second kappa shape index (κ2) is 4.84. The van der Waals surface area contributed by atoms with Crippen LogP contribution in [0.1, 0.15) is 47.0 Å². The van der Waals surface area contributed by atoms with Gasteiger partial charge >= 0.3 is 0 Å². The molecule has 0 saturated heterocycles. The molecule has 0 atom stereocenters. The Morgan fingerprint density at radius 2 is 1.89 bits per heavy atom. The molecule has 0 aromatic rings. The molecule has 0 aliphatic heterocycles. The topological polar surface area (TPSA) is 0 Å². The van der Waals surface area contributed by atoms with Gasteiger partial charge in [0, 0.05) is 0 Å². The average Bonchev–Trinajstić information content (AvgIpc) is 1.63. The van der Waals surface area contributed by atoms with E-state index in [9.17, 15) is 0 Å². The molecule has 0 aliphatic carbocycles. The maximum atomic E-state index is 2.28. The van der Waals surface area contributed by atoms with Crippen LogP contribution in [0.15, 0.2) is 0 Å². The summed E-state index contributed by atoms with van der Waals surface area (Å²) in [5.74, 6) is 2.50. The van der Waals surface area contributed by atoms with Crippen molar-refractivity contribution in [3.8, 4) is 0 Å². The van der Waals surface area contributed by atoms with Crippen molar-refractivity contribution in [2.75, 3.05) is 0 Å². The molecule has 0 aromatic heterocycles. The van der Waals surface area contributed by atoms with E-state index in [-0.39, 0.29) is 0 Å². The first-order valence-electron chi connectivity index (χ1n) is 3.98. The van der Waals surface area contributed by atoms with E-state index in [1.165, 1.54) is 19.3 Å². The van der Waals surface area contributed by atoms with Gasteiger partial charge in [0.2, 0.25) is 0 Å². The Hall–Kier alpha value is 0. The molecule has 0 rings (SSSR count). The largest absolute Gasteiger partial charge is 0.316 e. The predicted octanol–water partition coefficient (Wildman–Crippen LogP) is 3.43. The van der Waals surface area contributed by atoms with Gasteiger partial charge in [-0.3, -0.25) is 0 Å². The molecule has 9 heavy (non-hydrogen) atoms. The molecule has 56 valence electrons. The van der Waals surface area contributed by atoms with Gasteiger partial charge in [-0.15, -0.1) is 0 Å². The Bertz CT molecular complexity index is 55.1. The molecule has 0 N–H and O–H groups in total. The van der Waals surface area contributed by atoms with Gasteiger partial charge in [0.05, 0.1) is 0 Å². The normalized spacial score (nSPS) is 11.3. The first-order chi connectivity index (χ1) is 4.16. The van der Waals surface area contributed by atoms with Crippen LogP contribution in [0.25, 0.3) is 0 Å². The Balaban J connectivity index is 3.15. The zero-order valence-corrected chi connectivity index (χ0v) is 7.20. The molecule has 0 heteroatoms. The van der Waals surface area contributed by atoms with Crippen LogP contribution in [0, 0.1) is 11.8 Å². The van der Waals surface area contributed by atoms with Crippen molar-refractivity contribution in [2.45, 2.75) is 47.0 Å². The summed E-state index contributed by atoms with van der Waals surface area (Å²) in [7, 11) is 0. The standard InChI is InChI=1S/C9H19/c1-5-6-9(4)7-8(2)3/h8H,5-7H2,1-4H3/q-1. The Kier molecular flexibility index (Phi) is 4.84. The number of hydrogen-bond donors (Lipinski definition) is 0. The maximum Gasteiger partial charge on any atom is -0.0652 e. The summed E-state index contributed by atoms with van der Waals surface area (Å²) >= 11 is 0. The lowest BCUT2D eigenvalue weighted by atomic mass is 9.95. The van der Waals surface area contributed by atoms with Crippen LogP contribution >= 0.6 is 0 Å². The van der Waals surface area contributed by atoms with Crippen molar-refractivity contribution in [1.29, 1.82) is 0 Å². The summed E-state index contributed by atoms with van der Waals surface area (Å²) in [5, 5.41) is 0. The molecule has 0 radical (unpaired) electrons. The second-order valence-corrected chi connectivity index (χ2v) is 3.31. The van der Waals surface area contributed by atoms with E-state index in [1.54, 1.807) is 5.92 Å². The van der Waals surface area contributed by atoms with E-state index in [2.05, 4.69) is 27.7 Å². The van der Waals surface area contributed by atoms with E-state index < -0.39 is 0 Å². The zero-order valence-electron chi connectivity index (χ0n) is 7.20. The van der Waals surface area contributed by atoms with E-state index in [0.717, 1.165) is 5.92 Å². The van der Waals surface area contributed by atoms with Crippen molar-refractivity contribution in [1.82, 2.24) is 0 Å². The van der Waals surface area contributed by atoms with Gasteiger partial charge in [0.1, 0.15) is 0 Å². The summed E-state index contributed by atoms with van der Waals surface area (Å²) in [5.41, 5.74) is 0. The Morgan fingerprint density at radius 1 is 1.33 bits per heavy atom. The molecular formula is C9H19-. The minimum absolute atomic E-state index is 0.844. The fraction of sp³-hybridized carbons (Fsp3) is 0.889. The van der Waals surface area contributed by atoms with Gasteiger partial charge in [-0.1, -0.05) is 33.1 Å². The van der Waals surface area contributed by atoms with E-state index >= 15 is 0 Å². The van der Waals surface area contributed by atoms with Crippen molar-refractivity contribution >= 4 is 0 Å². The van der Waals surface area contributed by atoms with Gasteiger partial charge in [0.25, 0.3) is 0 Å². The van der Waals surface area contributed by atoms with E-state index in [0.29, 0.717) is 0 Å². The summed E-state index contributed by atoms with van der Waals surface area (Å²) in [4.78, 5) is 0. The third-order valence-electron chi connectivity index (χ3n) is 1.43. The molecule has 0 heterocycles. The average molecular weight is 127 g/mol. The van der Waals surface area contributed by atoms with Gasteiger partial charge in [-0.2, -0.15) is 19.8 Å². The SMILES string of the molecule is CCC[C-](C)CC(C)C. The van der Waals surface area contributed by atoms with Crippen molar-refractivity contribution < 1.29 is 0 Å². The van der Waals surface area contributed by atoms with E-state index in [4.69, 9.17) is 0 Å². The van der Waals surface area contributed by atoms with Crippen LogP contribution in [-0.2, 0) is 0 Å². The highest BCUT2D eigenvalue weighted by atomic mass is 14.1. The molecule has 0 amide bonds. The molecule has 0 fully saturated rings. The number of hydrogen-bond acceptors (Lipinski definition) is 0. The minimum Gasteiger partial charge on any atom is -0.316 e. The minimum atomic E-state index is 0.844. The fourth-order valence-electron chi connectivity index (χ4n) is 1.23. The Morgan fingerprint density at radius 3 is 2.22 bits per heavy atom. The van der Waals surface area contributed by atoms with Crippen LogP contribution in [0.3, 0.4) is 0 Å². The molecule has 0 unspecified atom stereocenters.